The largest absolute Gasteiger partial charge is 0.481 e. The number of aryl methyl sites for hydroxylation is 2. The Kier molecular flexibility index (Phi) is 5.19. The molecule has 3 nitrogen and oxygen atoms in total. The summed E-state index contributed by atoms with van der Waals surface area (Å²) in [4.78, 5) is 12.4. The average Bonchev–Trinajstić information content (AvgIpc) is 2.62. The summed E-state index contributed by atoms with van der Waals surface area (Å²) in [5.74, 6) is 0.690. The molecule has 1 aliphatic carbocycles. The number of hydrogen-bond donors (Lipinski definition) is 1. The van der Waals surface area contributed by atoms with Gasteiger partial charge in [-0.3, -0.25) is 4.79 Å². The molecule has 0 aromatic heterocycles. The molecular weight excluding hydrogens is 298 g/mol. The summed E-state index contributed by atoms with van der Waals surface area (Å²) < 4.78 is 5.87. The molecule has 0 fully saturated rings. The second-order valence-electron chi connectivity index (χ2n) is 6.54. The van der Waals surface area contributed by atoms with E-state index in [2.05, 4.69) is 17.4 Å². The van der Waals surface area contributed by atoms with Gasteiger partial charge in [0.2, 0.25) is 0 Å². The van der Waals surface area contributed by atoms with E-state index in [0.717, 1.165) is 24.2 Å². The molecule has 0 saturated heterocycles. The first-order chi connectivity index (χ1) is 11.6. The third-order valence-corrected chi connectivity index (χ3v) is 4.66. The monoisotopic (exact) mass is 323 g/mol. The van der Waals surface area contributed by atoms with E-state index in [1.54, 1.807) is 6.92 Å². The lowest BCUT2D eigenvalue weighted by atomic mass is 9.92. The Bertz CT molecular complexity index is 696. The third-order valence-electron chi connectivity index (χ3n) is 4.66. The second-order valence-corrected chi connectivity index (χ2v) is 6.54. The van der Waals surface area contributed by atoms with Crippen LogP contribution in [0.4, 0.5) is 0 Å². The van der Waals surface area contributed by atoms with E-state index in [9.17, 15) is 4.79 Å². The SMILES string of the molecule is C[C@@H](Oc1ccc2c(c1)CCCC2)C(=O)N[C@H](C)c1ccccc1. The zero-order valence-corrected chi connectivity index (χ0v) is 14.4. The number of fused-ring (bicyclic) bond motifs is 1. The van der Waals surface area contributed by atoms with Crippen LogP contribution >= 0.6 is 0 Å². The van der Waals surface area contributed by atoms with Crippen LogP contribution in [-0.2, 0) is 17.6 Å². The predicted octanol–water partition coefficient (Wildman–Crippen LogP) is 4.21. The molecule has 24 heavy (non-hydrogen) atoms. The van der Waals surface area contributed by atoms with E-state index < -0.39 is 6.10 Å². The highest BCUT2D eigenvalue weighted by atomic mass is 16.5. The number of ether oxygens (including phenoxy) is 1. The molecule has 2 aromatic carbocycles. The summed E-state index contributed by atoms with van der Waals surface area (Å²) in [6.45, 7) is 3.78. The smallest absolute Gasteiger partial charge is 0.261 e. The topological polar surface area (TPSA) is 38.3 Å². The molecule has 3 heteroatoms. The molecule has 2 atom stereocenters. The molecule has 1 aliphatic rings. The fraction of sp³-hybridized carbons (Fsp3) is 0.381. The lowest BCUT2D eigenvalue weighted by molar-refractivity contribution is -0.127. The summed E-state index contributed by atoms with van der Waals surface area (Å²) in [5.41, 5.74) is 3.87. The van der Waals surface area contributed by atoms with Gasteiger partial charge in [-0.05, 0) is 68.4 Å². The van der Waals surface area contributed by atoms with E-state index in [0.29, 0.717) is 0 Å². The van der Waals surface area contributed by atoms with Gasteiger partial charge in [-0.25, -0.2) is 0 Å². The highest BCUT2D eigenvalue weighted by Crippen LogP contribution is 2.26. The van der Waals surface area contributed by atoms with E-state index in [1.165, 1.54) is 24.0 Å². The number of nitrogens with one attached hydrogen (secondary N) is 1. The summed E-state index contributed by atoms with van der Waals surface area (Å²) in [5, 5.41) is 3.01. The average molecular weight is 323 g/mol. The third kappa shape index (κ3) is 3.97. The van der Waals surface area contributed by atoms with Crippen molar-refractivity contribution in [3.63, 3.8) is 0 Å². The van der Waals surface area contributed by atoms with Gasteiger partial charge >= 0.3 is 0 Å². The minimum Gasteiger partial charge on any atom is -0.481 e. The molecule has 0 radical (unpaired) electrons. The van der Waals surface area contributed by atoms with E-state index in [4.69, 9.17) is 4.74 Å². The number of carbonyl (C=O) groups is 1. The van der Waals surface area contributed by atoms with E-state index in [1.807, 2.05) is 43.3 Å². The van der Waals surface area contributed by atoms with Gasteiger partial charge in [-0.1, -0.05) is 36.4 Å². The minimum absolute atomic E-state index is 0.0340. The van der Waals surface area contributed by atoms with Crippen molar-refractivity contribution in [1.82, 2.24) is 5.32 Å². The fourth-order valence-corrected chi connectivity index (χ4v) is 3.20. The normalized spacial score (nSPS) is 15.9. The van der Waals surface area contributed by atoms with Crippen molar-refractivity contribution in [2.75, 3.05) is 0 Å². The van der Waals surface area contributed by atoms with Gasteiger partial charge in [0.15, 0.2) is 6.10 Å². The number of hydrogen-bond acceptors (Lipinski definition) is 2. The van der Waals surface area contributed by atoms with E-state index in [-0.39, 0.29) is 11.9 Å². The molecule has 0 unspecified atom stereocenters. The first-order valence-electron chi connectivity index (χ1n) is 8.77. The summed E-state index contributed by atoms with van der Waals surface area (Å²) >= 11 is 0. The molecule has 1 amide bonds. The van der Waals surface area contributed by atoms with Crippen LogP contribution in [0.25, 0.3) is 0 Å². The molecule has 0 bridgehead atoms. The zero-order valence-electron chi connectivity index (χ0n) is 14.4. The molecular formula is C21H25NO2. The van der Waals surface area contributed by atoms with Gasteiger partial charge < -0.3 is 10.1 Å². The van der Waals surface area contributed by atoms with Gasteiger partial charge in [0.05, 0.1) is 6.04 Å². The van der Waals surface area contributed by atoms with Gasteiger partial charge in [0.25, 0.3) is 5.91 Å². The van der Waals surface area contributed by atoms with Crippen molar-refractivity contribution in [1.29, 1.82) is 0 Å². The standard InChI is InChI=1S/C21H25NO2/c1-15(17-8-4-3-5-9-17)22-21(23)16(2)24-20-13-12-18-10-6-7-11-19(18)14-20/h3-5,8-9,12-16H,6-7,10-11H2,1-2H3,(H,22,23)/t15-,16-/m1/s1. The summed E-state index contributed by atoms with van der Waals surface area (Å²) in [7, 11) is 0. The Labute approximate surface area is 144 Å². The van der Waals surface area contributed by atoms with Crippen LogP contribution in [0.2, 0.25) is 0 Å². The van der Waals surface area contributed by atoms with Crippen LogP contribution < -0.4 is 10.1 Å². The lowest BCUT2D eigenvalue weighted by Crippen LogP contribution is -2.37. The van der Waals surface area contributed by atoms with Gasteiger partial charge in [-0.2, -0.15) is 0 Å². The highest BCUT2D eigenvalue weighted by Gasteiger charge is 2.18. The van der Waals surface area contributed by atoms with E-state index >= 15 is 0 Å². The highest BCUT2D eigenvalue weighted by molar-refractivity contribution is 5.81. The molecule has 3 rings (SSSR count). The Hall–Kier alpha value is -2.29. The van der Waals surface area contributed by atoms with Crippen molar-refractivity contribution in [2.24, 2.45) is 0 Å². The van der Waals surface area contributed by atoms with Crippen molar-refractivity contribution < 1.29 is 9.53 Å². The van der Waals surface area contributed by atoms with Crippen LogP contribution in [0.3, 0.4) is 0 Å². The summed E-state index contributed by atoms with van der Waals surface area (Å²) in [6, 6.07) is 16.1. The first kappa shape index (κ1) is 16.6. The van der Waals surface area contributed by atoms with Crippen LogP contribution in [0.5, 0.6) is 5.75 Å². The van der Waals surface area contributed by atoms with Crippen molar-refractivity contribution in [3.8, 4) is 5.75 Å². The quantitative estimate of drug-likeness (QED) is 0.895. The molecule has 0 spiro atoms. The first-order valence-corrected chi connectivity index (χ1v) is 8.77. The fourth-order valence-electron chi connectivity index (χ4n) is 3.20. The van der Waals surface area contributed by atoms with Crippen molar-refractivity contribution in [3.05, 3.63) is 65.2 Å². The van der Waals surface area contributed by atoms with Crippen molar-refractivity contribution >= 4 is 5.91 Å². The Morgan fingerprint density at radius 3 is 2.46 bits per heavy atom. The maximum atomic E-state index is 12.4. The molecule has 126 valence electrons. The maximum absolute atomic E-state index is 12.4. The van der Waals surface area contributed by atoms with Gasteiger partial charge in [0.1, 0.15) is 5.75 Å². The number of rotatable bonds is 5. The molecule has 0 heterocycles. The van der Waals surface area contributed by atoms with Gasteiger partial charge in [0, 0.05) is 0 Å². The molecule has 0 saturated carbocycles. The molecule has 2 aromatic rings. The van der Waals surface area contributed by atoms with Crippen molar-refractivity contribution in [2.45, 2.75) is 51.7 Å². The second kappa shape index (κ2) is 7.52. The van der Waals surface area contributed by atoms with Crippen LogP contribution in [0, 0.1) is 0 Å². The summed E-state index contributed by atoms with van der Waals surface area (Å²) in [6.07, 6.45) is 4.25. The van der Waals surface area contributed by atoms with Crippen LogP contribution in [-0.4, -0.2) is 12.0 Å². The van der Waals surface area contributed by atoms with Crippen LogP contribution in [0.15, 0.2) is 48.5 Å². The zero-order chi connectivity index (χ0) is 16.9. The predicted molar refractivity (Wildman–Crippen MR) is 96.2 cm³/mol. The maximum Gasteiger partial charge on any atom is 0.261 e. The lowest BCUT2D eigenvalue weighted by Gasteiger charge is -2.21. The van der Waals surface area contributed by atoms with Gasteiger partial charge in [-0.15, -0.1) is 0 Å². The number of carbonyl (C=O) groups excluding carboxylic acids is 1. The number of benzene rings is 2. The Morgan fingerprint density at radius 1 is 1.00 bits per heavy atom. The molecule has 1 N–H and O–H groups in total. The minimum atomic E-state index is -0.516. The Morgan fingerprint density at radius 2 is 1.71 bits per heavy atom. The Balaban J connectivity index is 1.60. The van der Waals surface area contributed by atoms with Crippen LogP contribution in [0.1, 0.15) is 49.4 Å². The number of amides is 1. The molecule has 0 aliphatic heterocycles.